The van der Waals surface area contributed by atoms with E-state index in [1.54, 1.807) is 25.3 Å². The zero-order valence-electron chi connectivity index (χ0n) is 12.9. The molecule has 0 aromatic heterocycles. The van der Waals surface area contributed by atoms with Gasteiger partial charge in [-0.25, -0.2) is 4.79 Å². The second-order valence-electron chi connectivity index (χ2n) is 5.44. The van der Waals surface area contributed by atoms with Gasteiger partial charge in [0.1, 0.15) is 11.4 Å². The molecule has 21 heavy (non-hydrogen) atoms. The highest BCUT2D eigenvalue weighted by Crippen LogP contribution is 2.19. The van der Waals surface area contributed by atoms with Crippen LogP contribution in [0.2, 0.25) is 0 Å². The summed E-state index contributed by atoms with van der Waals surface area (Å²) in [7, 11) is 1.58. The van der Waals surface area contributed by atoms with Gasteiger partial charge in [-0.2, -0.15) is 0 Å². The van der Waals surface area contributed by atoms with Gasteiger partial charge in [-0.3, -0.25) is 0 Å². The number of hydrogen-bond donors (Lipinski definition) is 2. The molecule has 0 atom stereocenters. The van der Waals surface area contributed by atoms with Gasteiger partial charge >= 0.3 is 6.09 Å². The van der Waals surface area contributed by atoms with Crippen LogP contribution in [0.5, 0.6) is 5.75 Å². The van der Waals surface area contributed by atoms with Crippen molar-refractivity contribution >= 4 is 11.8 Å². The Labute approximate surface area is 125 Å². The van der Waals surface area contributed by atoms with Crippen molar-refractivity contribution in [3.05, 3.63) is 23.8 Å². The maximum absolute atomic E-state index is 11.4. The second-order valence-corrected chi connectivity index (χ2v) is 5.44. The number of carbonyl (C=O) groups excluding carboxylic acids is 1. The van der Waals surface area contributed by atoms with Gasteiger partial charge in [0.2, 0.25) is 0 Å². The first kappa shape index (κ1) is 16.7. The number of hydrogen-bond acceptors (Lipinski definition) is 4. The Hall–Kier alpha value is -2.35. The van der Waals surface area contributed by atoms with Crippen LogP contribution in [-0.2, 0) is 4.74 Å². The Bertz CT molecular complexity index is 551. The van der Waals surface area contributed by atoms with Gasteiger partial charge in [0.05, 0.1) is 12.7 Å². The molecule has 0 aliphatic carbocycles. The third kappa shape index (κ3) is 6.57. The highest BCUT2D eigenvalue weighted by Gasteiger charge is 2.15. The molecular formula is C16H22N2O3. The molecule has 114 valence electrons. The topological polar surface area (TPSA) is 73.6 Å². The summed E-state index contributed by atoms with van der Waals surface area (Å²) in [6.07, 6.45) is 0.0721. The SMILES string of the molecule is COc1ccc(N)cc1C#CCCNC(=O)OC(C)(C)C. The Morgan fingerprint density at radius 3 is 2.71 bits per heavy atom. The van der Waals surface area contributed by atoms with Gasteiger partial charge < -0.3 is 20.5 Å². The maximum atomic E-state index is 11.4. The summed E-state index contributed by atoms with van der Waals surface area (Å²) in [4.78, 5) is 11.4. The fraction of sp³-hybridized carbons (Fsp3) is 0.438. The third-order valence-corrected chi connectivity index (χ3v) is 2.36. The van der Waals surface area contributed by atoms with Gasteiger partial charge in [-0.15, -0.1) is 0 Å². The van der Waals surface area contributed by atoms with Crippen LogP contribution >= 0.6 is 0 Å². The van der Waals surface area contributed by atoms with E-state index in [4.69, 9.17) is 15.2 Å². The predicted octanol–water partition coefficient (Wildman–Crippen LogP) is 2.54. The van der Waals surface area contributed by atoms with E-state index in [-0.39, 0.29) is 0 Å². The van der Waals surface area contributed by atoms with Crippen LogP contribution in [0.3, 0.4) is 0 Å². The van der Waals surface area contributed by atoms with E-state index in [0.717, 1.165) is 5.56 Å². The highest BCUT2D eigenvalue weighted by atomic mass is 16.6. The summed E-state index contributed by atoms with van der Waals surface area (Å²) in [6.45, 7) is 5.88. The molecule has 1 aromatic rings. The van der Waals surface area contributed by atoms with Gasteiger partial charge in [-0.1, -0.05) is 11.8 Å². The lowest BCUT2D eigenvalue weighted by molar-refractivity contribution is 0.0529. The molecule has 0 bridgehead atoms. The Morgan fingerprint density at radius 1 is 1.38 bits per heavy atom. The van der Waals surface area contributed by atoms with Gasteiger partial charge in [0, 0.05) is 18.7 Å². The Morgan fingerprint density at radius 2 is 2.10 bits per heavy atom. The Kier molecular flexibility index (Phi) is 5.92. The van der Waals surface area contributed by atoms with Crippen LogP contribution in [-0.4, -0.2) is 25.3 Å². The van der Waals surface area contributed by atoms with Crippen molar-refractivity contribution in [1.29, 1.82) is 0 Å². The summed E-state index contributed by atoms with van der Waals surface area (Å²) in [5.41, 5.74) is 6.58. The molecular weight excluding hydrogens is 268 g/mol. The number of nitrogens with one attached hydrogen (secondary N) is 1. The quantitative estimate of drug-likeness (QED) is 0.510. The summed E-state index contributed by atoms with van der Waals surface area (Å²) in [5.74, 6) is 6.62. The molecule has 3 N–H and O–H groups in total. The minimum Gasteiger partial charge on any atom is -0.495 e. The first-order valence-electron chi connectivity index (χ1n) is 6.71. The molecule has 0 heterocycles. The smallest absolute Gasteiger partial charge is 0.407 e. The zero-order chi connectivity index (χ0) is 15.9. The largest absolute Gasteiger partial charge is 0.495 e. The Balaban J connectivity index is 2.47. The van der Waals surface area contributed by atoms with Gasteiger partial charge in [0.25, 0.3) is 0 Å². The van der Waals surface area contributed by atoms with Gasteiger partial charge in [0.15, 0.2) is 0 Å². The highest BCUT2D eigenvalue weighted by molar-refractivity contribution is 5.67. The van der Waals surface area contributed by atoms with Gasteiger partial charge in [-0.05, 0) is 39.0 Å². The molecule has 1 rings (SSSR count). The van der Waals surface area contributed by atoms with E-state index in [2.05, 4.69) is 17.2 Å². The molecule has 1 aromatic carbocycles. The maximum Gasteiger partial charge on any atom is 0.407 e. The van der Waals surface area contributed by atoms with E-state index in [9.17, 15) is 4.79 Å². The van der Waals surface area contributed by atoms with Crippen molar-refractivity contribution in [1.82, 2.24) is 5.32 Å². The summed E-state index contributed by atoms with van der Waals surface area (Å²) in [6, 6.07) is 5.29. The molecule has 1 amide bonds. The van der Waals surface area contributed by atoms with Crippen LogP contribution < -0.4 is 15.8 Å². The molecule has 0 saturated heterocycles. The molecule has 0 saturated carbocycles. The number of nitrogens with two attached hydrogens (primary N) is 1. The monoisotopic (exact) mass is 290 g/mol. The van der Waals surface area contributed by atoms with E-state index in [1.807, 2.05) is 20.8 Å². The minimum absolute atomic E-state index is 0.423. The fourth-order valence-corrected chi connectivity index (χ4v) is 1.52. The minimum atomic E-state index is -0.495. The van der Waals surface area contributed by atoms with Crippen molar-refractivity contribution in [2.75, 3.05) is 19.4 Å². The first-order valence-corrected chi connectivity index (χ1v) is 6.71. The molecule has 0 spiro atoms. The molecule has 5 heteroatoms. The number of amides is 1. The molecule has 0 fully saturated rings. The molecule has 0 aliphatic rings. The summed E-state index contributed by atoms with van der Waals surface area (Å²) in [5, 5.41) is 2.65. The lowest BCUT2D eigenvalue weighted by Gasteiger charge is -2.19. The average Bonchev–Trinajstić information content (AvgIpc) is 2.36. The standard InChI is InChI=1S/C16H22N2O3/c1-16(2,3)21-15(19)18-10-6-5-7-12-11-13(17)8-9-14(12)20-4/h8-9,11H,6,10,17H2,1-4H3,(H,18,19). The van der Waals surface area contributed by atoms with Crippen molar-refractivity contribution < 1.29 is 14.3 Å². The van der Waals surface area contributed by atoms with Crippen molar-refractivity contribution in [2.45, 2.75) is 32.8 Å². The van der Waals surface area contributed by atoms with E-state index in [1.165, 1.54) is 0 Å². The number of methoxy groups -OCH3 is 1. The van der Waals surface area contributed by atoms with Crippen LogP contribution in [0.4, 0.5) is 10.5 Å². The lowest BCUT2D eigenvalue weighted by atomic mass is 10.2. The number of rotatable bonds is 3. The number of anilines is 1. The van der Waals surface area contributed by atoms with E-state index >= 15 is 0 Å². The van der Waals surface area contributed by atoms with Crippen LogP contribution in [0.1, 0.15) is 32.8 Å². The van der Waals surface area contributed by atoms with E-state index < -0.39 is 11.7 Å². The number of benzene rings is 1. The van der Waals surface area contributed by atoms with Crippen LogP contribution in [0.15, 0.2) is 18.2 Å². The van der Waals surface area contributed by atoms with Crippen LogP contribution in [0, 0.1) is 11.8 Å². The molecule has 0 radical (unpaired) electrons. The first-order chi connectivity index (χ1) is 9.81. The van der Waals surface area contributed by atoms with Crippen molar-refractivity contribution in [3.8, 4) is 17.6 Å². The fourth-order valence-electron chi connectivity index (χ4n) is 1.52. The van der Waals surface area contributed by atoms with Crippen molar-refractivity contribution in [2.24, 2.45) is 0 Å². The molecule has 0 aliphatic heterocycles. The summed E-state index contributed by atoms with van der Waals surface area (Å²) < 4.78 is 10.3. The normalized spacial score (nSPS) is 10.3. The summed E-state index contributed by atoms with van der Waals surface area (Å²) >= 11 is 0. The molecule has 0 unspecified atom stereocenters. The number of ether oxygens (including phenoxy) is 2. The lowest BCUT2D eigenvalue weighted by Crippen LogP contribution is -2.32. The number of carbonyl (C=O) groups is 1. The average molecular weight is 290 g/mol. The predicted molar refractivity (Wildman–Crippen MR) is 83.1 cm³/mol. The van der Waals surface area contributed by atoms with Crippen LogP contribution in [0.25, 0.3) is 0 Å². The van der Waals surface area contributed by atoms with Crippen molar-refractivity contribution in [3.63, 3.8) is 0 Å². The number of alkyl carbamates (subject to hydrolysis) is 1. The number of nitrogen functional groups attached to an aromatic ring is 1. The van der Waals surface area contributed by atoms with E-state index in [0.29, 0.717) is 24.4 Å². The zero-order valence-corrected chi connectivity index (χ0v) is 12.9. The third-order valence-electron chi connectivity index (χ3n) is 2.36. The second kappa shape index (κ2) is 7.44. The molecule has 5 nitrogen and oxygen atoms in total.